The lowest BCUT2D eigenvalue weighted by Crippen LogP contribution is -2.32. The van der Waals surface area contributed by atoms with E-state index < -0.39 is 5.97 Å². The van der Waals surface area contributed by atoms with Gasteiger partial charge in [0.05, 0.1) is 12.5 Å². The van der Waals surface area contributed by atoms with Crippen LogP contribution in [0.1, 0.15) is 5.56 Å². The van der Waals surface area contributed by atoms with E-state index in [0.29, 0.717) is 0 Å². The number of pyridine rings is 1. The number of carboxylic acid groups (broad SMARTS) is 1. The minimum Gasteiger partial charge on any atom is -0.548 e. The van der Waals surface area contributed by atoms with Crippen LogP contribution < -0.4 is 10.7 Å². The number of aliphatic carboxylic acids is 1. The Morgan fingerprint density at radius 3 is 2.83 bits per heavy atom. The summed E-state index contributed by atoms with van der Waals surface area (Å²) in [7, 11) is 0. The van der Waals surface area contributed by atoms with E-state index in [2.05, 4.69) is 0 Å². The van der Waals surface area contributed by atoms with Crippen molar-refractivity contribution in [1.82, 2.24) is 4.57 Å². The number of aromatic nitrogens is 1. The van der Waals surface area contributed by atoms with Crippen molar-refractivity contribution in [3.05, 3.63) is 34.2 Å². The fourth-order valence-corrected chi connectivity index (χ4v) is 0.876. The zero-order valence-corrected chi connectivity index (χ0v) is 6.61. The summed E-state index contributed by atoms with van der Waals surface area (Å²) >= 11 is 0. The molecular formula is C8H8NO3-. The van der Waals surface area contributed by atoms with Gasteiger partial charge in [0.15, 0.2) is 0 Å². The molecule has 0 N–H and O–H groups in total. The van der Waals surface area contributed by atoms with Crippen molar-refractivity contribution in [1.29, 1.82) is 0 Å². The van der Waals surface area contributed by atoms with Crippen molar-refractivity contribution in [3.63, 3.8) is 0 Å². The number of hydrogen-bond acceptors (Lipinski definition) is 3. The van der Waals surface area contributed by atoms with E-state index in [4.69, 9.17) is 0 Å². The Morgan fingerprint density at radius 1 is 1.67 bits per heavy atom. The average molecular weight is 166 g/mol. The first-order valence-electron chi connectivity index (χ1n) is 3.46. The van der Waals surface area contributed by atoms with Crippen LogP contribution >= 0.6 is 0 Å². The summed E-state index contributed by atoms with van der Waals surface area (Å²) in [5, 5.41) is 10.1. The standard InChI is InChI=1S/C8H9NO3/c1-6-2-3-9(5-8(11)12)7(10)4-6/h2-4H,5H2,1H3,(H,11,12)/p-1. The van der Waals surface area contributed by atoms with Gasteiger partial charge in [0, 0.05) is 12.3 Å². The van der Waals surface area contributed by atoms with E-state index in [1.165, 1.54) is 12.3 Å². The molecule has 0 aromatic carbocycles. The quantitative estimate of drug-likeness (QED) is 0.560. The Morgan fingerprint density at radius 2 is 2.33 bits per heavy atom. The first kappa shape index (κ1) is 8.52. The van der Waals surface area contributed by atoms with E-state index in [1.54, 1.807) is 13.0 Å². The lowest BCUT2D eigenvalue weighted by Gasteiger charge is -2.05. The highest BCUT2D eigenvalue weighted by molar-refractivity contribution is 5.63. The molecule has 0 saturated carbocycles. The second kappa shape index (κ2) is 3.21. The van der Waals surface area contributed by atoms with Gasteiger partial charge >= 0.3 is 0 Å². The molecule has 0 aliphatic heterocycles. The third-order valence-corrected chi connectivity index (χ3v) is 1.45. The lowest BCUT2D eigenvalue weighted by molar-refractivity contribution is -0.306. The number of nitrogens with zero attached hydrogens (tertiary/aromatic N) is 1. The van der Waals surface area contributed by atoms with Crippen LogP contribution in [0.25, 0.3) is 0 Å². The molecule has 0 spiro atoms. The Hall–Kier alpha value is -1.58. The molecule has 12 heavy (non-hydrogen) atoms. The van der Waals surface area contributed by atoms with Gasteiger partial charge in [0.2, 0.25) is 0 Å². The molecule has 0 radical (unpaired) electrons. The number of carbonyl (C=O) groups is 1. The Kier molecular flexibility index (Phi) is 2.28. The topological polar surface area (TPSA) is 62.1 Å². The van der Waals surface area contributed by atoms with Gasteiger partial charge in [-0.3, -0.25) is 4.79 Å². The number of hydrogen-bond donors (Lipinski definition) is 0. The molecule has 0 bridgehead atoms. The molecule has 0 saturated heterocycles. The Balaban J connectivity index is 3.02. The fraction of sp³-hybridized carbons (Fsp3) is 0.250. The van der Waals surface area contributed by atoms with Crippen molar-refractivity contribution >= 4 is 5.97 Å². The molecule has 1 aromatic heterocycles. The molecule has 64 valence electrons. The molecule has 0 fully saturated rings. The summed E-state index contributed by atoms with van der Waals surface area (Å²) in [4.78, 5) is 21.2. The highest BCUT2D eigenvalue weighted by atomic mass is 16.4. The molecular weight excluding hydrogens is 158 g/mol. The Bertz CT molecular complexity index is 354. The van der Waals surface area contributed by atoms with Crippen molar-refractivity contribution < 1.29 is 9.90 Å². The van der Waals surface area contributed by atoms with Crippen molar-refractivity contribution in [2.24, 2.45) is 0 Å². The predicted molar refractivity (Wildman–Crippen MR) is 40.4 cm³/mol. The highest BCUT2D eigenvalue weighted by Gasteiger charge is 1.94. The molecule has 0 amide bonds. The van der Waals surface area contributed by atoms with Crippen LogP contribution in [-0.2, 0) is 11.3 Å². The summed E-state index contributed by atoms with van der Waals surface area (Å²) in [5.74, 6) is -1.26. The minimum atomic E-state index is -1.26. The third kappa shape index (κ3) is 1.95. The number of aryl methyl sites for hydroxylation is 1. The van der Waals surface area contributed by atoms with Gasteiger partial charge in [-0.05, 0) is 18.6 Å². The maximum absolute atomic E-state index is 11.0. The van der Waals surface area contributed by atoms with Crippen LogP contribution in [0.5, 0.6) is 0 Å². The Labute approximate surface area is 69.1 Å². The van der Waals surface area contributed by atoms with E-state index >= 15 is 0 Å². The number of carboxylic acids is 1. The largest absolute Gasteiger partial charge is 0.548 e. The lowest BCUT2D eigenvalue weighted by atomic mass is 10.3. The summed E-state index contributed by atoms with van der Waals surface area (Å²) in [5.41, 5.74) is 0.494. The summed E-state index contributed by atoms with van der Waals surface area (Å²) in [6.45, 7) is 1.38. The first-order chi connectivity index (χ1) is 5.59. The van der Waals surface area contributed by atoms with E-state index in [-0.39, 0.29) is 12.1 Å². The fourth-order valence-electron chi connectivity index (χ4n) is 0.876. The minimum absolute atomic E-state index is 0.320. The molecule has 1 rings (SSSR count). The van der Waals surface area contributed by atoms with Crippen LogP contribution in [0, 0.1) is 6.92 Å². The van der Waals surface area contributed by atoms with Gasteiger partial charge in [-0.1, -0.05) is 0 Å². The third-order valence-electron chi connectivity index (χ3n) is 1.45. The van der Waals surface area contributed by atoms with Gasteiger partial charge in [-0.25, -0.2) is 0 Å². The molecule has 1 aromatic rings. The van der Waals surface area contributed by atoms with E-state index in [1.807, 2.05) is 0 Å². The zero-order chi connectivity index (χ0) is 9.14. The van der Waals surface area contributed by atoms with Crippen LogP contribution in [0.15, 0.2) is 23.1 Å². The molecule has 0 unspecified atom stereocenters. The van der Waals surface area contributed by atoms with Gasteiger partial charge in [0.25, 0.3) is 5.56 Å². The second-order valence-electron chi connectivity index (χ2n) is 2.54. The van der Waals surface area contributed by atoms with Crippen LogP contribution in [-0.4, -0.2) is 10.5 Å². The second-order valence-corrected chi connectivity index (χ2v) is 2.54. The highest BCUT2D eigenvalue weighted by Crippen LogP contribution is 1.89. The zero-order valence-electron chi connectivity index (χ0n) is 6.61. The molecule has 0 aliphatic carbocycles. The summed E-state index contributed by atoms with van der Waals surface area (Å²) < 4.78 is 1.09. The molecule has 4 heteroatoms. The molecule has 1 heterocycles. The maximum atomic E-state index is 11.0. The van der Waals surface area contributed by atoms with Crippen LogP contribution in [0.2, 0.25) is 0 Å². The number of rotatable bonds is 2. The number of carbonyl (C=O) groups excluding carboxylic acids is 1. The summed E-state index contributed by atoms with van der Waals surface area (Å²) in [6, 6.07) is 3.05. The van der Waals surface area contributed by atoms with E-state index in [9.17, 15) is 14.7 Å². The van der Waals surface area contributed by atoms with Crippen molar-refractivity contribution in [2.75, 3.05) is 0 Å². The van der Waals surface area contributed by atoms with Crippen molar-refractivity contribution in [3.8, 4) is 0 Å². The van der Waals surface area contributed by atoms with Crippen molar-refractivity contribution in [2.45, 2.75) is 13.5 Å². The smallest absolute Gasteiger partial charge is 0.251 e. The first-order valence-corrected chi connectivity index (χ1v) is 3.46. The van der Waals surface area contributed by atoms with E-state index in [0.717, 1.165) is 10.1 Å². The molecule has 0 aliphatic rings. The van der Waals surface area contributed by atoms with Gasteiger partial charge in [-0.15, -0.1) is 0 Å². The normalized spacial score (nSPS) is 9.75. The van der Waals surface area contributed by atoms with Crippen LogP contribution in [0.3, 0.4) is 0 Å². The van der Waals surface area contributed by atoms with Gasteiger partial charge in [0.1, 0.15) is 0 Å². The average Bonchev–Trinajstić information content (AvgIpc) is 1.94. The van der Waals surface area contributed by atoms with Gasteiger partial charge in [-0.2, -0.15) is 0 Å². The molecule has 4 nitrogen and oxygen atoms in total. The predicted octanol–water partition coefficient (Wildman–Crippen LogP) is -1.09. The SMILES string of the molecule is Cc1ccn(CC(=O)[O-])c(=O)c1. The van der Waals surface area contributed by atoms with Crippen LogP contribution in [0.4, 0.5) is 0 Å². The molecule has 0 atom stereocenters. The van der Waals surface area contributed by atoms with Gasteiger partial charge < -0.3 is 14.5 Å². The summed E-state index contributed by atoms with van der Waals surface area (Å²) in [6.07, 6.45) is 1.44. The maximum Gasteiger partial charge on any atom is 0.251 e. The monoisotopic (exact) mass is 166 g/mol.